The highest BCUT2D eigenvalue weighted by Gasteiger charge is 2.25. The Hall–Kier alpha value is -3.99. The topological polar surface area (TPSA) is 143 Å². The number of nitrogens with one attached hydrogen (secondary N) is 3. The van der Waals surface area contributed by atoms with E-state index >= 15 is 0 Å². The van der Waals surface area contributed by atoms with Crippen molar-refractivity contribution in [2.24, 2.45) is 0 Å². The number of thiophene rings is 1. The summed E-state index contributed by atoms with van der Waals surface area (Å²) in [7, 11) is 1.21. The van der Waals surface area contributed by atoms with E-state index in [0.29, 0.717) is 28.8 Å². The van der Waals surface area contributed by atoms with Gasteiger partial charge in [-0.2, -0.15) is 0 Å². The van der Waals surface area contributed by atoms with Crippen LogP contribution in [-0.2, 0) is 16.0 Å². The summed E-state index contributed by atoms with van der Waals surface area (Å²) in [6.07, 6.45) is 1.57. The summed E-state index contributed by atoms with van der Waals surface area (Å²) < 4.78 is 4.79. The molecule has 0 bridgehead atoms. The number of carbonyl (C=O) groups excluding carboxylic acids is 3. The Morgan fingerprint density at radius 2 is 1.81 bits per heavy atom. The van der Waals surface area contributed by atoms with Crippen molar-refractivity contribution in [1.82, 2.24) is 20.6 Å². The predicted octanol–water partition coefficient (Wildman–Crippen LogP) is 2.92. The number of aromatic hydroxyl groups is 1. The molecular weight excluding hydrogens is 494 g/mol. The molecule has 0 spiro atoms. The van der Waals surface area contributed by atoms with Crippen LogP contribution < -0.4 is 16.0 Å². The van der Waals surface area contributed by atoms with Gasteiger partial charge in [-0.25, -0.2) is 14.8 Å². The van der Waals surface area contributed by atoms with Crippen LogP contribution in [0.3, 0.4) is 0 Å². The number of aromatic nitrogens is 2. The first kappa shape index (κ1) is 27.6. The van der Waals surface area contributed by atoms with E-state index in [-0.39, 0.29) is 23.8 Å². The Labute approximate surface area is 219 Å². The van der Waals surface area contributed by atoms with Gasteiger partial charge in [0.2, 0.25) is 5.95 Å². The van der Waals surface area contributed by atoms with Gasteiger partial charge in [-0.05, 0) is 62.3 Å². The molecule has 1 atom stereocenters. The molecule has 37 heavy (non-hydrogen) atoms. The van der Waals surface area contributed by atoms with E-state index in [2.05, 4.69) is 25.9 Å². The van der Waals surface area contributed by atoms with Crippen LogP contribution in [0, 0.1) is 20.8 Å². The van der Waals surface area contributed by atoms with Gasteiger partial charge in [0.1, 0.15) is 11.8 Å². The van der Waals surface area contributed by atoms with E-state index in [4.69, 9.17) is 4.74 Å². The molecular formula is C26H31N5O5S. The fraction of sp³-hybridized carbons (Fsp3) is 0.346. The third-order valence-electron chi connectivity index (χ3n) is 5.70. The number of phenolic OH excluding ortho intramolecular Hbond substituents is 1. The van der Waals surface area contributed by atoms with Gasteiger partial charge in [-0.15, -0.1) is 11.3 Å². The minimum Gasteiger partial charge on any atom is -0.508 e. The normalized spacial score (nSPS) is 11.5. The number of amides is 2. The molecule has 2 amide bonds. The number of rotatable bonds is 11. The van der Waals surface area contributed by atoms with Gasteiger partial charge in [0.25, 0.3) is 11.8 Å². The Bertz CT molecular complexity index is 1240. The summed E-state index contributed by atoms with van der Waals surface area (Å²) in [4.78, 5) is 46.8. The highest BCUT2D eigenvalue weighted by atomic mass is 32.1. The number of ether oxygens (including phenoxy) is 1. The minimum atomic E-state index is -1.08. The number of carbonyl (C=O) groups is 3. The van der Waals surface area contributed by atoms with E-state index in [9.17, 15) is 19.5 Å². The highest BCUT2D eigenvalue weighted by Crippen LogP contribution is 2.18. The summed E-state index contributed by atoms with van der Waals surface area (Å²) >= 11 is 1.27. The lowest BCUT2D eigenvalue weighted by molar-refractivity contribution is -0.142. The van der Waals surface area contributed by atoms with Gasteiger partial charge < -0.3 is 25.8 Å². The van der Waals surface area contributed by atoms with Crippen molar-refractivity contribution in [3.63, 3.8) is 0 Å². The largest absolute Gasteiger partial charge is 0.508 e. The minimum absolute atomic E-state index is 0.132. The first-order valence-electron chi connectivity index (χ1n) is 11.8. The molecule has 0 aliphatic carbocycles. The Morgan fingerprint density at radius 1 is 1.08 bits per heavy atom. The van der Waals surface area contributed by atoms with Crippen molar-refractivity contribution in [1.29, 1.82) is 0 Å². The van der Waals surface area contributed by atoms with Crippen LogP contribution >= 0.6 is 11.3 Å². The molecule has 2 aromatic heterocycles. The van der Waals surface area contributed by atoms with Gasteiger partial charge in [0.05, 0.1) is 28.9 Å². The molecule has 10 nitrogen and oxygen atoms in total. The van der Waals surface area contributed by atoms with E-state index < -0.39 is 17.9 Å². The number of hydrogen-bond donors (Lipinski definition) is 4. The maximum absolute atomic E-state index is 13.0. The van der Waals surface area contributed by atoms with Crippen LogP contribution in [-0.4, -0.2) is 59.1 Å². The second-order valence-electron chi connectivity index (χ2n) is 8.48. The molecule has 1 aromatic carbocycles. The van der Waals surface area contributed by atoms with Crippen LogP contribution in [0.2, 0.25) is 0 Å². The molecule has 0 unspecified atom stereocenters. The number of nitrogens with zero attached hydrogens (tertiary/aromatic N) is 2. The van der Waals surface area contributed by atoms with E-state index in [1.807, 2.05) is 19.1 Å². The fourth-order valence-electron chi connectivity index (χ4n) is 3.68. The smallest absolute Gasteiger partial charge is 0.330 e. The van der Waals surface area contributed by atoms with Gasteiger partial charge in [-0.1, -0.05) is 18.2 Å². The summed E-state index contributed by atoms with van der Waals surface area (Å²) in [5, 5.41) is 20.0. The molecule has 3 aromatic rings. The number of esters is 1. The lowest BCUT2D eigenvalue weighted by atomic mass is 10.1. The average Bonchev–Trinajstić information content (AvgIpc) is 3.40. The Kier molecular flexibility index (Phi) is 9.56. The fourth-order valence-corrected chi connectivity index (χ4v) is 4.32. The average molecular weight is 526 g/mol. The number of benzene rings is 1. The molecule has 0 saturated carbocycles. The van der Waals surface area contributed by atoms with Crippen molar-refractivity contribution in [3.8, 4) is 5.75 Å². The maximum atomic E-state index is 13.0. The van der Waals surface area contributed by atoms with Crippen molar-refractivity contribution in [3.05, 3.63) is 68.7 Å². The summed E-state index contributed by atoms with van der Waals surface area (Å²) in [6, 6.07) is 7.97. The maximum Gasteiger partial charge on any atom is 0.330 e. The molecule has 2 heterocycles. The van der Waals surface area contributed by atoms with Gasteiger partial charge >= 0.3 is 5.97 Å². The molecule has 0 saturated heterocycles. The highest BCUT2D eigenvalue weighted by molar-refractivity contribution is 7.12. The second kappa shape index (κ2) is 12.8. The predicted molar refractivity (Wildman–Crippen MR) is 141 cm³/mol. The van der Waals surface area contributed by atoms with Gasteiger partial charge in [0, 0.05) is 13.1 Å². The number of methoxy groups -OCH3 is 1. The molecule has 4 N–H and O–H groups in total. The molecule has 11 heteroatoms. The SMILES string of the molecule is COC(=O)[C@H](CNC(=O)c1cccs1)NC(=O)c1c(C)nc(NCCCc2ccc(C)c(O)c2)nc1C. The molecule has 0 fully saturated rings. The summed E-state index contributed by atoms with van der Waals surface area (Å²) in [6.45, 7) is 5.71. The molecule has 3 rings (SSSR count). The van der Waals surface area contributed by atoms with Crippen molar-refractivity contribution >= 4 is 35.1 Å². The number of anilines is 1. The van der Waals surface area contributed by atoms with E-state index in [1.165, 1.54) is 18.4 Å². The van der Waals surface area contributed by atoms with Crippen LogP contribution in [0.5, 0.6) is 5.75 Å². The molecule has 0 aliphatic rings. The lowest BCUT2D eigenvalue weighted by Crippen LogP contribution is -2.49. The Balaban J connectivity index is 1.59. The van der Waals surface area contributed by atoms with Crippen LogP contribution in [0.4, 0.5) is 5.95 Å². The monoisotopic (exact) mass is 525 g/mol. The van der Waals surface area contributed by atoms with Gasteiger partial charge in [-0.3, -0.25) is 9.59 Å². The summed E-state index contributed by atoms with van der Waals surface area (Å²) in [5.74, 6) is -0.888. The zero-order valence-electron chi connectivity index (χ0n) is 21.3. The van der Waals surface area contributed by atoms with Crippen LogP contribution in [0.1, 0.15) is 49.0 Å². The molecule has 0 radical (unpaired) electrons. The van der Waals surface area contributed by atoms with Crippen molar-refractivity contribution in [2.45, 2.75) is 39.7 Å². The van der Waals surface area contributed by atoms with Crippen LogP contribution in [0.15, 0.2) is 35.7 Å². The third kappa shape index (κ3) is 7.50. The number of phenols is 1. The quantitative estimate of drug-likeness (QED) is 0.221. The standard InChI is InChI=1S/C26H31N5O5S/c1-15-9-10-18(13-20(15)32)7-5-11-27-26-29-16(2)22(17(3)30-26)24(34)31-19(25(35)36-4)14-28-23(33)21-8-6-12-37-21/h6,8-10,12-13,19,32H,5,7,11,14H2,1-4H3,(H,28,33)(H,31,34)(H,27,29,30)/t19-/m0/s1. The van der Waals surface area contributed by atoms with Crippen molar-refractivity contribution in [2.75, 3.05) is 25.5 Å². The Morgan fingerprint density at radius 3 is 2.43 bits per heavy atom. The first-order chi connectivity index (χ1) is 17.7. The number of hydrogen-bond acceptors (Lipinski definition) is 9. The zero-order chi connectivity index (χ0) is 26.9. The number of aryl methyl sites for hydroxylation is 4. The van der Waals surface area contributed by atoms with Crippen LogP contribution in [0.25, 0.3) is 0 Å². The molecule has 0 aliphatic heterocycles. The van der Waals surface area contributed by atoms with Crippen molar-refractivity contribution < 1.29 is 24.2 Å². The van der Waals surface area contributed by atoms with E-state index in [0.717, 1.165) is 24.0 Å². The van der Waals surface area contributed by atoms with E-state index in [1.54, 1.807) is 37.4 Å². The summed E-state index contributed by atoms with van der Waals surface area (Å²) in [5.41, 5.74) is 3.02. The third-order valence-corrected chi connectivity index (χ3v) is 6.57. The second-order valence-corrected chi connectivity index (χ2v) is 9.43. The lowest BCUT2D eigenvalue weighted by Gasteiger charge is -2.18. The zero-order valence-corrected chi connectivity index (χ0v) is 22.1. The van der Waals surface area contributed by atoms with Gasteiger partial charge in [0.15, 0.2) is 0 Å². The first-order valence-corrected chi connectivity index (χ1v) is 12.7. The molecule has 196 valence electrons.